The first-order valence-electron chi connectivity index (χ1n) is 7.87. The maximum Gasteiger partial charge on any atom is 0.233 e. The normalized spacial score (nSPS) is 19.9. The molecule has 3 rings (SSSR count). The summed E-state index contributed by atoms with van der Waals surface area (Å²) in [4.78, 5) is 4.62. The Bertz CT molecular complexity index is 571. The van der Waals surface area contributed by atoms with Crippen molar-refractivity contribution in [1.29, 1.82) is 0 Å². The Labute approximate surface area is 125 Å². The van der Waals surface area contributed by atoms with Crippen LogP contribution in [-0.2, 0) is 5.54 Å². The Morgan fingerprint density at radius 2 is 1.76 bits per heavy atom. The Balaban J connectivity index is 1.82. The zero-order valence-electron chi connectivity index (χ0n) is 12.6. The van der Waals surface area contributed by atoms with E-state index < -0.39 is 5.54 Å². The second kappa shape index (κ2) is 5.98. The van der Waals surface area contributed by atoms with Crippen LogP contribution in [0.3, 0.4) is 0 Å². The number of nitrogens with zero attached hydrogens (tertiary/aromatic N) is 2. The molecule has 21 heavy (non-hydrogen) atoms. The largest absolute Gasteiger partial charge is 0.339 e. The van der Waals surface area contributed by atoms with Crippen LogP contribution in [0.1, 0.15) is 68.6 Å². The maximum atomic E-state index is 6.55. The molecule has 1 atom stereocenters. The second-order valence-electron chi connectivity index (χ2n) is 6.16. The molecule has 0 radical (unpaired) electrons. The van der Waals surface area contributed by atoms with E-state index >= 15 is 0 Å². The van der Waals surface area contributed by atoms with Crippen LogP contribution in [0.5, 0.6) is 0 Å². The van der Waals surface area contributed by atoms with Gasteiger partial charge in [0.2, 0.25) is 5.89 Å². The van der Waals surface area contributed by atoms with Crippen LogP contribution in [-0.4, -0.2) is 10.1 Å². The molecule has 1 saturated carbocycles. The van der Waals surface area contributed by atoms with Crippen molar-refractivity contribution < 1.29 is 4.52 Å². The van der Waals surface area contributed by atoms with Gasteiger partial charge >= 0.3 is 0 Å². The van der Waals surface area contributed by atoms with Gasteiger partial charge in [0.05, 0.1) is 11.5 Å². The Kier molecular flexibility index (Phi) is 4.06. The van der Waals surface area contributed by atoms with E-state index in [9.17, 15) is 0 Å². The minimum Gasteiger partial charge on any atom is -0.339 e. The van der Waals surface area contributed by atoms with Crippen LogP contribution in [0.25, 0.3) is 0 Å². The van der Waals surface area contributed by atoms with Crippen molar-refractivity contribution in [3.8, 4) is 0 Å². The van der Waals surface area contributed by atoms with Gasteiger partial charge in [0, 0.05) is 0 Å². The van der Waals surface area contributed by atoms with E-state index in [1.165, 1.54) is 18.4 Å². The second-order valence-corrected chi connectivity index (χ2v) is 6.16. The molecular weight excluding hydrogens is 262 g/mol. The van der Waals surface area contributed by atoms with Crippen molar-refractivity contribution in [3.05, 3.63) is 47.6 Å². The zero-order valence-corrected chi connectivity index (χ0v) is 12.6. The molecule has 2 aromatic rings. The maximum absolute atomic E-state index is 6.55. The molecule has 4 heteroatoms. The van der Waals surface area contributed by atoms with Crippen LogP contribution in [0, 0.1) is 0 Å². The summed E-state index contributed by atoms with van der Waals surface area (Å²) in [5, 5.41) is 4.19. The third-order valence-electron chi connectivity index (χ3n) is 4.55. The number of rotatable bonds is 3. The molecule has 1 fully saturated rings. The third kappa shape index (κ3) is 3.00. The number of aromatic nitrogens is 2. The lowest BCUT2D eigenvalue weighted by molar-refractivity contribution is 0.322. The predicted molar refractivity (Wildman–Crippen MR) is 81.8 cm³/mol. The third-order valence-corrected chi connectivity index (χ3v) is 4.55. The fourth-order valence-electron chi connectivity index (χ4n) is 3.08. The Morgan fingerprint density at radius 1 is 1.10 bits per heavy atom. The summed E-state index contributed by atoms with van der Waals surface area (Å²) < 4.78 is 5.50. The number of benzene rings is 1. The number of hydrogen-bond donors (Lipinski definition) is 1. The average molecular weight is 285 g/mol. The molecule has 0 spiro atoms. The van der Waals surface area contributed by atoms with E-state index in [4.69, 9.17) is 10.3 Å². The van der Waals surface area contributed by atoms with E-state index in [1.54, 1.807) is 0 Å². The van der Waals surface area contributed by atoms with E-state index in [1.807, 2.05) is 18.2 Å². The molecule has 1 heterocycles. The molecular formula is C17H23N3O. The molecule has 2 N–H and O–H groups in total. The van der Waals surface area contributed by atoms with Crippen LogP contribution in [0.15, 0.2) is 34.9 Å². The van der Waals surface area contributed by atoms with Crippen molar-refractivity contribution in [2.24, 2.45) is 5.73 Å². The van der Waals surface area contributed by atoms with Gasteiger partial charge in [-0.05, 0) is 25.3 Å². The van der Waals surface area contributed by atoms with Gasteiger partial charge in [0.25, 0.3) is 0 Å². The van der Waals surface area contributed by atoms with Crippen molar-refractivity contribution in [3.63, 3.8) is 0 Å². The lowest BCUT2D eigenvalue weighted by Gasteiger charge is -2.23. The standard InChI is InChI=1S/C17H23N3O/c1-13(14-9-5-4-6-10-14)15-19-16(20-21-15)17(18)11-7-2-3-8-12-17/h4-6,9-10,13H,2-3,7-8,11-12,18H2,1H3. The Hall–Kier alpha value is -1.68. The highest BCUT2D eigenvalue weighted by atomic mass is 16.5. The molecule has 1 aromatic heterocycles. The van der Waals surface area contributed by atoms with Crippen molar-refractivity contribution in [2.75, 3.05) is 0 Å². The lowest BCUT2D eigenvalue weighted by Crippen LogP contribution is -2.37. The summed E-state index contributed by atoms with van der Waals surface area (Å²) in [5.41, 5.74) is 7.32. The average Bonchev–Trinajstić information content (AvgIpc) is 2.92. The van der Waals surface area contributed by atoms with Crippen molar-refractivity contribution in [2.45, 2.75) is 56.9 Å². The van der Waals surface area contributed by atoms with Gasteiger partial charge < -0.3 is 10.3 Å². The van der Waals surface area contributed by atoms with Gasteiger partial charge in [-0.15, -0.1) is 0 Å². The Morgan fingerprint density at radius 3 is 2.43 bits per heavy atom. The quantitative estimate of drug-likeness (QED) is 0.873. The van der Waals surface area contributed by atoms with Crippen LogP contribution >= 0.6 is 0 Å². The highest BCUT2D eigenvalue weighted by molar-refractivity contribution is 5.23. The fourth-order valence-corrected chi connectivity index (χ4v) is 3.08. The van der Waals surface area contributed by atoms with Crippen molar-refractivity contribution >= 4 is 0 Å². The van der Waals surface area contributed by atoms with Crippen molar-refractivity contribution in [1.82, 2.24) is 10.1 Å². The highest BCUT2D eigenvalue weighted by Crippen LogP contribution is 2.33. The van der Waals surface area contributed by atoms with Crippen LogP contribution < -0.4 is 5.73 Å². The minimum absolute atomic E-state index is 0.0989. The first-order chi connectivity index (χ1) is 10.2. The summed E-state index contributed by atoms with van der Waals surface area (Å²) in [6.45, 7) is 2.09. The summed E-state index contributed by atoms with van der Waals surface area (Å²) >= 11 is 0. The number of hydrogen-bond acceptors (Lipinski definition) is 4. The van der Waals surface area contributed by atoms with Gasteiger partial charge in [-0.2, -0.15) is 4.98 Å². The fraction of sp³-hybridized carbons (Fsp3) is 0.529. The predicted octanol–water partition coefficient (Wildman–Crippen LogP) is 3.73. The van der Waals surface area contributed by atoms with E-state index in [-0.39, 0.29) is 5.92 Å². The minimum atomic E-state index is -0.408. The molecule has 1 aliphatic carbocycles. The molecule has 0 amide bonds. The van der Waals surface area contributed by atoms with E-state index in [0.29, 0.717) is 11.7 Å². The van der Waals surface area contributed by atoms with E-state index in [2.05, 4.69) is 29.2 Å². The SMILES string of the molecule is CC(c1ccccc1)c1nc(C2(N)CCCCCC2)no1. The summed E-state index contributed by atoms with van der Waals surface area (Å²) in [5.74, 6) is 1.44. The molecule has 4 nitrogen and oxygen atoms in total. The van der Waals surface area contributed by atoms with Gasteiger partial charge in [-0.1, -0.05) is 61.2 Å². The first-order valence-corrected chi connectivity index (χ1v) is 7.87. The summed E-state index contributed by atoms with van der Waals surface area (Å²) in [6, 6.07) is 10.2. The molecule has 0 bridgehead atoms. The zero-order chi connectivity index (χ0) is 14.7. The molecule has 112 valence electrons. The van der Waals surface area contributed by atoms with Gasteiger partial charge in [0.15, 0.2) is 5.82 Å². The molecule has 1 aromatic carbocycles. The highest BCUT2D eigenvalue weighted by Gasteiger charge is 2.33. The smallest absolute Gasteiger partial charge is 0.233 e. The molecule has 1 aliphatic rings. The molecule has 0 saturated heterocycles. The number of nitrogens with two attached hydrogens (primary N) is 1. The summed E-state index contributed by atoms with van der Waals surface area (Å²) in [6.07, 6.45) is 6.70. The topological polar surface area (TPSA) is 64.9 Å². The van der Waals surface area contributed by atoms with Gasteiger partial charge in [-0.25, -0.2) is 0 Å². The van der Waals surface area contributed by atoms with Gasteiger partial charge in [0.1, 0.15) is 0 Å². The van der Waals surface area contributed by atoms with Gasteiger partial charge in [-0.3, -0.25) is 0 Å². The molecule has 1 unspecified atom stereocenters. The monoisotopic (exact) mass is 285 g/mol. The van der Waals surface area contributed by atoms with Crippen LogP contribution in [0.4, 0.5) is 0 Å². The lowest BCUT2D eigenvalue weighted by atomic mass is 9.90. The first kappa shape index (κ1) is 14.3. The summed E-state index contributed by atoms with van der Waals surface area (Å²) in [7, 11) is 0. The van der Waals surface area contributed by atoms with Crippen LogP contribution in [0.2, 0.25) is 0 Å². The van der Waals surface area contributed by atoms with E-state index in [0.717, 1.165) is 25.7 Å². The molecule has 0 aliphatic heterocycles.